The molecule has 0 aliphatic rings. The molecule has 0 aliphatic carbocycles. The molecule has 10 heteroatoms. The second-order valence-corrected chi connectivity index (χ2v) is 9.11. The predicted octanol–water partition coefficient (Wildman–Crippen LogP) is 3.83. The minimum atomic E-state index is -3.96. The van der Waals surface area contributed by atoms with Crippen molar-refractivity contribution in [1.29, 1.82) is 0 Å². The number of ether oxygens (including phenoxy) is 1. The maximum atomic E-state index is 13.0. The third-order valence-electron chi connectivity index (χ3n) is 4.61. The van der Waals surface area contributed by atoms with Crippen LogP contribution in [-0.4, -0.2) is 33.9 Å². The molecule has 8 nitrogen and oxygen atoms in total. The Labute approximate surface area is 197 Å². The van der Waals surface area contributed by atoms with E-state index in [1.807, 2.05) is 0 Å². The molecule has 3 N–H and O–H groups in total. The van der Waals surface area contributed by atoms with Crippen LogP contribution in [0.1, 0.15) is 15.9 Å². The third kappa shape index (κ3) is 6.24. The van der Waals surface area contributed by atoms with E-state index in [9.17, 15) is 18.0 Å². The van der Waals surface area contributed by atoms with Crippen LogP contribution >= 0.6 is 11.6 Å². The van der Waals surface area contributed by atoms with E-state index in [1.54, 1.807) is 61.5 Å². The Morgan fingerprint density at radius 1 is 1.00 bits per heavy atom. The highest BCUT2D eigenvalue weighted by Gasteiger charge is 2.20. The van der Waals surface area contributed by atoms with Crippen LogP contribution < -0.4 is 20.1 Å². The molecule has 0 saturated carbocycles. The van der Waals surface area contributed by atoms with Crippen LogP contribution in [0.5, 0.6) is 5.75 Å². The first-order chi connectivity index (χ1) is 15.7. The third-order valence-corrected chi connectivity index (χ3v) is 6.35. The van der Waals surface area contributed by atoms with E-state index in [4.69, 9.17) is 16.3 Å². The molecule has 0 aromatic heterocycles. The summed E-state index contributed by atoms with van der Waals surface area (Å²) < 4.78 is 33.7. The number of rotatable bonds is 8. The molecule has 0 radical (unpaired) electrons. The van der Waals surface area contributed by atoms with Gasteiger partial charge in [0, 0.05) is 16.3 Å². The average molecular weight is 488 g/mol. The number of benzene rings is 3. The van der Waals surface area contributed by atoms with Crippen LogP contribution in [0.15, 0.2) is 71.6 Å². The Morgan fingerprint density at radius 3 is 2.48 bits per heavy atom. The molecule has 3 rings (SSSR count). The van der Waals surface area contributed by atoms with E-state index >= 15 is 0 Å². The van der Waals surface area contributed by atoms with Crippen LogP contribution in [-0.2, 0) is 14.8 Å². The van der Waals surface area contributed by atoms with Gasteiger partial charge in [-0.25, -0.2) is 8.42 Å². The number of sulfonamides is 1. The van der Waals surface area contributed by atoms with Crippen LogP contribution in [0, 0.1) is 6.92 Å². The monoisotopic (exact) mass is 487 g/mol. The van der Waals surface area contributed by atoms with E-state index in [1.165, 1.54) is 19.2 Å². The first-order valence-corrected chi connectivity index (χ1v) is 11.7. The topological polar surface area (TPSA) is 114 Å². The van der Waals surface area contributed by atoms with E-state index < -0.39 is 21.8 Å². The van der Waals surface area contributed by atoms with Gasteiger partial charge in [-0.05, 0) is 55.0 Å². The number of carbonyl (C=O) groups excluding carboxylic acids is 2. The standard InChI is InChI=1S/C23H22ClN3O5S/c1-15-10-11-18(26-22(28)14-25-23(29)16-6-5-7-17(24)12-16)13-21(15)33(30,31)27-19-8-3-4-9-20(19)32-2/h3-13,27H,14H2,1-2H3,(H,25,29)(H,26,28). The molecular formula is C23H22ClN3O5S. The van der Waals surface area contributed by atoms with Gasteiger partial charge in [-0.15, -0.1) is 0 Å². The van der Waals surface area contributed by atoms with Crippen molar-refractivity contribution in [3.05, 3.63) is 82.9 Å². The summed E-state index contributed by atoms with van der Waals surface area (Å²) in [6.07, 6.45) is 0. The molecule has 0 heterocycles. The van der Waals surface area contributed by atoms with E-state index in [0.29, 0.717) is 21.9 Å². The first-order valence-electron chi connectivity index (χ1n) is 9.80. The first kappa shape index (κ1) is 24.1. The Bertz CT molecular complexity index is 1290. The van der Waals surface area contributed by atoms with E-state index in [2.05, 4.69) is 15.4 Å². The number of methoxy groups -OCH3 is 1. The van der Waals surface area contributed by atoms with Gasteiger partial charge in [0.2, 0.25) is 5.91 Å². The van der Waals surface area contributed by atoms with Crippen molar-refractivity contribution in [1.82, 2.24) is 5.32 Å². The lowest BCUT2D eigenvalue weighted by Crippen LogP contribution is -2.32. The summed E-state index contributed by atoms with van der Waals surface area (Å²) in [6, 6.07) is 17.5. The molecule has 3 aromatic rings. The Morgan fingerprint density at radius 2 is 1.76 bits per heavy atom. The molecule has 0 spiro atoms. The average Bonchev–Trinajstić information content (AvgIpc) is 2.78. The number of halogens is 1. The second-order valence-electron chi connectivity index (χ2n) is 7.03. The van der Waals surface area contributed by atoms with Gasteiger partial charge in [0.1, 0.15) is 5.75 Å². The fourth-order valence-electron chi connectivity index (χ4n) is 2.99. The van der Waals surface area contributed by atoms with Crippen molar-refractivity contribution in [2.24, 2.45) is 0 Å². The normalized spacial score (nSPS) is 10.9. The number of hydrogen-bond donors (Lipinski definition) is 3. The molecule has 0 saturated heterocycles. The van der Waals surface area contributed by atoms with Gasteiger partial charge in [-0.3, -0.25) is 14.3 Å². The minimum Gasteiger partial charge on any atom is -0.495 e. The largest absolute Gasteiger partial charge is 0.495 e. The quantitative estimate of drug-likeness (QED) is 0.447. The van der Waals surface area contributed by atoms with Gasteiger partial charge in [0.25, 0.3) is 15.9 Å². The highest BCUT2D eigenvalue weighted by molar-refractivity contribution is 7.92. The second kappa shape index (κ2) is 10.4. The molecule has 3 aromatic carbocycles. The summed E-state index contributed by atoms with van der Waals surface area (Å²) in [7, 11) is -2.52. The highest BCUT2D eigenvalue weighted by Crippen LogP contribution is 2.28. The Hall–Kier alpha value is -3.56. The van der Waals surface area contributed by atoms with Crippen LogP contribution in [0.4, 0.5) is 11.4 Å². The summed E-state index contributed by atoms with van der Waals surface area (Å²) in [4.78, 5) is 24.5. The number of nitrogens with one attached hydrogen (secondary N) is 3. The number of anilines is 2. The van der Waals surface area contributed by atoms with Gasteiger partial charge >= 0.3 is 0 Å². The molecule has 0 bridgehead atoms. The van der Waals surface area contributed by atoms with Crippen LogP contribution in [0.25, 0.3) is 0 Å². The van der Waals surface area contributed by atoms with Crippen LogP contribution in [0.3, 0.4) is 0 Å². The molecule has 0 fully saturated rings. The number of amides is 2. The summed E-state index contributed by atoms with van der Waals surface area (Å²) >= 11 is 5.87. The lowest BCUT2D eigenvalue weighted by atomic mass is 10.2. The van der Waals surface area contributed by atoms with E-state index in [-0.39, 0.29) is 22.8 Å². The molecule has 0 aliphatic heterocycles. The number of hydrogen-bond acceptors (Lipinski definition) is 5. The van der Waals surface area contributed by atoms with Crippen molar-refractivity contribution in [2.75, 3.05) is 23.7 Å². The maximum Gasteiger partial charge on any atom is 0.262 e. The molecule has 0 atom stereocenters. The number of carbonyl (C=O) groups is 2. The van der Waals surface area contributed by atoms with Crippen molar-refractivity contribution >= 4 is 44.8 Å². The van der Waals surface area contributed by atoms with Gasteiger partial charge in [0.05, 0.1) is 24.2 Å². The molecular weight excluding hydrogens is 466 g/mol. The minimum absolute atomic E-state index is 0.00540. The van der Waals surface area contributed by atoms with Gasteiger partial charge in [-0.1, -0.05) is 35.9 Å². The number of aryl methyl sites for hydroxylation is 1. The highest BCUT2D eigenvalue weighted by atomic mass is 35.5. The van der Waals surface area contributed by atoms with Gasteiger partial charge < -0.3 is 15.4 Å². The molecule has 172 valence electrons. The molecule has 0 unspecified atom stereocenters. The Balaban J connectivity index is 1.70. The predicted molar refractivity (Wildman–Crippen MR) is 127 cm³/mol. The fourth-order valence-corrected chi connectivity index (χ4v) is 4.53. The Kier molecular flexibility index (Phi) is 7.57. The maximum absolute atomic E-state index is 13.0. The van der Waals surface area contributed by atoms with Gasteiger partial charge in [0.15, 0.2) is 0 Å². The number of para-hydroxylation sites is 2. The summed E-state index contributed by atoms with van der Waals surface area (Å²) in [6.45, 7) is 1.34. The lowest BCUT2D eigenvalue weighted by Gasteiger charge is -2.14. The zero-order valence-electron chi connectivity index (χ0n) is 17.9. The van der Waals surface area contributed by atoms with Crippen molar-refractivity contribution in [3.63, 3.8) is 0 Å². The van der Waals surface area contributed by atoms with Crippen molar-refractivity contribution in [2.45, 2.75) is 11.8 Å². The smallest absolute Gasteiger partial charge is 0.262 e. The lowest BCUT2D eigenvalue weighted by molar-refractivity contribution is -0.115. The summed E-state index contributed by atoms with van der Waals surface area (Å²) in [5, 5.41) is 5.49. The van der Waals surface area contributed by atoms with Crippen molar-refractivity contribution < 1.29 is 22.7 Å². The fraction of sp³-hybridized carbons (Fsp3) is 0.130. The SMILES string of the molecule is COc1ccccc1NS(=O)(=O)c1cc(NC(=O)CNC(=O)c2cccc(Cl)c2)ccc1C. The molecule has 2 amide bonds. The van der Waals surface area contributed by atoms with Crippen LogP contribution in [0.2, 0.25) is 5.02 Å². The zero-order chi connectivity index (χ0) is 24.0. The molecule has 33 heavy (non-hydrogen) atoms. The van der Waals surface area contributed by atoms with E-state index in [0.717, 1.165) is 0 Å². The van der Waals surface area contributed by atoms with Crippen molar-refractivity contribution in [3.8, 4) is 5.75 Å². The van der Waals surface area contributed by atoms with Gasteiger partial charge in [-0.2, -0.15) is 0 Å². The zero-order valence-corrected chi connectivity index (χ0v) is 19.5. The summed E-state index contributed by atoms with van der Waals surface area (Å²) in [5.41, 5.74) is 1.37. The summed E-state index contributed by atoms with van der Waals surface area (Å²) in [5.74, 6) is -0.602.